The van der Waals surface area contributed by atoms with Crippen molar-refractivity contribution in [3.05, 3.63) is 94.3 Å². The molecule has 0 spiro atoms. The van der Waals surface area contributed by atoms with E-state index in [0.29, 0.717) is 28.0 Å². The standard InChI is InChI=1S/C25H19NO6/c1-30-19-13-14(11-12-17(19)27)20-21-22(16-9-5-6-10-18(16)31-25(21)29)32-23(20)24(28)26-15-7-3-2-4-8-15/h2-13,20,23,27H,1H3,(H,26,28)/t20-,23+/m1/s1. The fraction of sp³-hybridized carbons (Fsp3) is 0.120. The van der Waals surface area contributed by atoms with Gasteiger partial charge in [0.15, 0.2) is 17.6 Å². The van der Waals surface area contributed by atoms with Crippen LogP contribution in [0.1, 0.15) is 17.0 Å². The lowest BCUT2D eigenvalue weighted by Gasteiger charge is -2.19. The third-order valence-electron chi connectivity index (χ3n) is 5.52. The van der Waals surface area contributed by atoms with E-state index in [-0.39, 0.29) is 17.1 Å². The summed E-state index contributed by atoms with van der Waals surface area (Å²) in [5.41, 5.74) is 1.24. The first-order valence-corrected chi connectivity index (χ1v) is 10.0. The van der Waals surface area contributed by atoms with Gasteiger partial charge in [0.05, 0.1) is 24.0 Å². The highest BCUT2D eigenvalue weighted by molar-refractivity contribution is 5.97. The molecule has 2 heterocycles. The van der Waals surface area contributed by atoms with Crippen molar-refractivity contribution >= 4 is 22.6 Å². The number of para-hydroxylation sites is 2. The van der Waals surface area contributed by atoms with Crippen molar-refractivity contribution in [1.82, 2.24) is 0 Å². The third kappa shape index (κ3) is 3.24. The summed E-state index contributed by atoms with van der Waals surface area (Å²) in [5.74, 6) is -0.673. The Bertz CT molecular complexity index is 1380. The first kappa shape index (κ1) is 19.7. The quantitative estimate of drug-likeness (QED) is 0.475. The van der Waals surface area contributed by atoms with Crippen LogP contribution in [-0.4, -0.2) is 24.2 Å². The number of rotatable bonds is 4. The molecule has 7 nitrogen and oxygen atoms in total. The van der Waals surface area contributed by atoms with Gasteiger partial charge in [0.2, 0.25) is 0 Å². The molecule has 160 valence electrons. The van der Waals surface area contributed by atoms with Crippen LogP contribution in [0.25, 0.3) is 11.0 Å². The summed E-state index contributed by atoms with van der Waals surface area (Å²) < 4.78 is 16.9. The van der Waals surface area contributed by atoms with E-state index >= 15 is 0 Å². The molecule has 1 aromatic heterocycles. The van der Waals surface area contributed by atoms with Gasteiger partial charge in [-0.2, -0.15) is 0 Å². The zero-order valence-corrected chi connectivity index (χ0v) is 17.1. The number of hydrogen-bond acceptors (Lipinski definition) is 6. The van der Waals surface area contributed by atoms with Crippen LogP contribution in [-0.2, 0) is 4.79 Å². The highest BCUT2D eigenvalue weighted by atomic mass is 16.5. The van der Waals surface area contributed by atoms with Crippen molar-refractivity contribution in [2.75, 3.05) is 12.4 Å². The van der Waals surface area contributed by atoms with E-state index in [0.717, 1.165) is 0 Å². The predicted molar refractivity (Wildman–Crippen MR) is 118 cm³/mol. The summed E-state index contributed by atoms with van der Waals surface area (Å²) in [5, 5.41) is 13.5. The van der Waals surface area contributed by atoms with Crippen LogP contribution < -0.4 is 20.4 Å². The number of phenolic OH excluding ortho intramolecular Hbond substituents is 1. The van der Waals surface area contributed by atoms with Crippen molar-refractivity contribution in [3.8, 4) is 17.2 Å². The van der Waals surface area contributed by atoms with Gasteiger partial charge in [-0.3, -0.25) is 4.79 Å². The summed E-state index contributed by atoms with van der Waals surface area (Å²) in [6.45, 7) is 0. The van der Waals surface area contributed by atoms with Gasteiger partial charge in [-0.15, -0.1) is 0 Å². The van der Waals surface area contributed by atoms with Crippen molar-refractivity contribution in [2.24, 2.45) is 0 Å². The van der Waals surface area contributed by atoms with Crippen LogP contribution in [0.3, 0.4) is 0 Å². The smallest absolute Gasteiger partial charge is 0.344 e. The number of carbonyl (C=O) groups is 1. The average Bonchev–Trinajstić information content (AvgIpc) is 3.22. The Hall–Kier alpha value is -4.26. The normalized spacial score (nSPS) is 16.9. The fourth-order valence-electron chi connectivity index (χ4n) is 4.05. The monoisotopic (exact) mass is 429 g/mol. The van der Waals surface area contributed by atoms with Crippen molar-refractivity contribution in [2.45, 2.75) is 12.0 Å². The van der Waals surface area contributed by atoms with Gasteiger partial charge < -0.3 is 24.3 Å². The number of aromatic hydroxyl groups is 1. The van der Waals surface area contributed by atoms with Crippen LogP contribution in [0.15, 0.2) is 82.0 Å². The van der Waals surface area contributed by atoms with Gasteiger partial charge >= 0.3 is 5.63 Å². The highest BCUT2D eigenvalue weighted by Crippen LogP contribution is 2.45. The Morgan fingerprint density at radius 2 is 1.78 bits per heavy atom. The molecule has 0 bridgehead atoms. The topological polar surface area (TPSA) is 98.0 Å². The van der Waals surface area contributed by atoms with Crippen molar-refractivity contribution in [1.29, 1.82) is 0 Å². The molecule has 2 N–H and O–H groups in total. The van der Waals surface area contributed by atoms with E-state index in [1.54, 1.807) is 42.5 Å². The lowest BCUT2D eigenvalue weighted by molar-refractivity contribution is -0.122. The first-order chi connectivity index (χ1) is 15.6. The number of fused-ring (bicyclic) bond motifs is 3. The molecule has 4 aromatic rings. The minimum Gasteiger partial charge on any atom is -0.504 e. The van der Waals surface area contributed by atoms with Crippen molar-refractivity contribution in [3.63, 3.8) is 0 Å². The minimum absolute atomic E-state index is 0.0498. The molecule has 0 fully saturated rings. The van der Waals surface area contributed by atoms with Gasteiger partial charge in [-0.25, -0.2) is 4.79 Å². The first-order valence-electron chi connectivity index (χ1n) is 10.0. The summed E-state index contributed by atoms with van der Waals surface area (Å²) >= 11 is 0. The van der Waals surface area contributed by atoms with E-state index < -0.39 is 23.6 Å². The maximum absolute atomic E-state index is 13.3. The van der Waals surface area contributed by atoms with Gasteiger partial charge in [0.25, 0.3) is 5.91 Å². The van der Waals surface area contributed by atoms with E-state index in [4.69, 9.17) is 13.9 Å². The number of amides is 1. The van der Waals surface area contributed by atoms with Gasteiger partial charge in [-0.1, -0.05) is 36.4 Å². The molecule has 32 heavy (non-hydrogen) atoms. The molecule has 0 saturated heterocycles. The van der Waals surface area contributed by atoms with Crippen LogP contribution >= 0.6 is 0 Å². The van der Waals surface area contributed by atoms with E-state index in [1.807, 2.05) is 24.3 Å². The number of carbonyl (C=O) groups excluding carboxylic acids is 1. The lowest BCUT2D eigenvalue weighted by atomic mass is 9.88. The Morgan fingerprint density at radius 1 is 1.03 bits per heavy atom. The van der Waals surface area contributed by atoms with Crippen LogP contribution in [0, 0.1) is 0 Å². The summed E-state index contributed by atoms with van der Waals surface area (Å²) in [7, 11) is 1.43. The molecule has 2 atom stereocenters. The number of methoxy groups -OCH3 is 1. The number of nitrogens with one attached hydrogen (secondary N) is 1. The maximum atomic E-state index is 13.3. The molecule has 3 aromatic carbocycles. The lowest BCUT2D eigenvalue weighted by Crippen LogP contribution is -2.35. The molecule has 0 unspecified atom stereocenters. The molecular weight excluding hydrogens is 410 g/mol. The molecule has 1 aliphatic rings. The van der Waals surface area contributed by atoms with Crippen LogP contribution in [0.2, 0.25) is 0 Å². The Labute approximate surface area is 182 Å². The summed E-state index contributed by atoms with van der Waals surface area (Å²) in [6.07, 6.45) is -1.03. The summed E-state index contributed by atoms with van der Waals surface area (Å²) in [6, 6.07) is 20.7. The molecule has 1 aliphatic heterocycles. The van der Waals surface area contributed by atoms with Gasteiger partial charge in [-0.05, 0) is 42.0 Å². The third-order valence-corrected chi connectivity index (χ3v) is 5.52. The molecular formula is C25H19NO6. The molecule has 0 saturated carbocycles. The SMILES string of the molecule is COc1cc([C@@H]2c3c(c4ccccc4oc3=O)O[C@@H]2C(=O)Nc2ccccc2)ccc1O. The van der Waals surface area contributed by atoms with Gasteiger partial charge in [0, 0.05) is 5.69 Å². The van der Waals surface area contributed by atoms with Crippen LogP contribution in [0.5, 0.6) is 17.2 Å². The Balaban J connectivity index is 1.67. The average molecular weight is 429 g/mol. The second-order valence-electron chi connectivity index (χ2n) is 7.43. The number of ether oxygens (including phenoxy) is 2. The highest BCUT2D eigenvalue weighted by Gasteiger charge is 2.44. The van der Waals surface area contributed by atoms with E-state index in [9.17, 15) is 14.7 Å². The second kappa shape index (κ2) is 7.77. The predicted octanol–water partition coefficient (Wildman–Crippen LogP) is 4.04. The summed E-state index contributed by atoms with van der Waals surface area (Å²) in [4.78, 5) is 26.3. The Morgan fingerprint density at radius 3 is 2.56 bits per heavy atom. The zero-order chi connectivity index (χ0) is 22.2. The molecule has 0 aliphatic carbocycles. The van der Waals surface area contributed by atoms with E-state index in [2.05, 4.69) is 5.32 Å². The molecule has 7 heteroatoms. The number of phenols is 1. The zero-order valence-electron chi connectivity index (χ0n) is 17.1. The largest absolute Gasteiger partial charge is 0.504 e. The molecule has 5 rings (SSSR count). The Kier molecular flexibility index (Phi) is 4.78. The van der Waals surface area contributed by atoms with E-state index in [1.165, 1.54) is 13.2 Å². The van der Waals surface area contributed by atoms with Gasteiger partial charge in [0.1, 0.15) is 11.3 Å². The fourth-order valence-corrected chi connectivity index (χ4v) is 4.05. The number of hydrogen-bond donors (Lipinski definition) is 2. The molecule has 1 amide bonds. The number of anilines is 1. The van der Waals surface area contributed by atoms with Crippen LogP contribution in [0.4, 0.5) is 5.69 Å². The number of benzene rings is 3. The maximum Gasteiger partial charge on any atom is 0.344 e. The van der Waals surface area contributed by atoms with Crippen molar-refractivity contribution < 1.29 is 23.8 Å². The minimum atomic E-state index is -1.03. The second-order valence-corrected chi connectivity index (χ2v) is 7.43. The molecule has 0 radical (unpaired) electrons.